The third-order valence-electron chi connectivity index (χ3n) is 2.92. The fourth-order valence-corrected chi connectivity index (χ4v) is 1.60. The lowest BCUT2D eigenvalue weighted by Crippen LogP contribution is -2.53. The Morgan fingerprint density at radius 2 is 1.76 bits per heavy atom. The van der Waals surface area contributed by atoms with Crippen molar-refractivity contribution in [2.75, 3.05) is 13.1 Å². The van der Waals surface area contributed by atoms with Crippen molar-refractivity contribution in [3.05, 3.63) is 6.92 Å². The van der Waals surface area contributed by atoms with Crippen LogP contribution in [0.1, 0.15) is 26.7 Å². The van der Waals surface area contributed by atoms with E-state index in [1.165, 1.54) is 0 Å². The van der Waals surface area contributed by atoms with Crippen molar-refractivity contribution in [1.82, 2.24) is 16.0 Å². The summed E-state index contributed by atoms with van der Waals surface area (Å²) in [5.74, 6) is -0.733. The van der Waals surface area contributed by atoms with Gasteiger partial charge in [-0.15, -0.1) is 0 Å². The Labute approximate surface area is 125 Å². The molecule has 0 bridgehead atoms. The van der Waals surface area contributed by atoms with E-state index in [9.17, 15) is 14.4 Å². The van der Waals surface area contributed by atoms with Crippen LogP contribution in [0.4, 0.5) is 4.79 Å². The molecule has 8 heteroatoms. The number of nitrogens with one attached hydrogen (secondary N) is 3. The largest absolute Gasteiger partial charge is 0.354 e. The zero-order valence-corrected chi connectivity index (χ0v) is 12.6. The van der Waals surface area contributed by atoms with Gasteiger partial charge in [0.05, 0.1) is 6.04 Å². The zero-order valence-electron chi connectivity index (χ0n) is 12.6. The predicted molar refractivity (Wildman–Crippen MR) is 79.9 cm³/mol. The fraction of sp³-hybridized carbons (Fsp3) is 0.692. The van der Waals surface area contributed by atoms with Crippen LogP contribution in [0.5, 0.6) is 0 Å². The molecule has 1 radical (unpaired) electrons. The van der Waals surface area contributed by atoms with E-state index in [-0.39, 0.29) is 24.3 Å². The van der Waals surface area contributed by atoms with Crippen LogP contribution in [-0.2, 0) is 9.59 Å². The van der Waals surface area contributed by atoms with E-state index < -0.39 is 18.1 Å². The van der Waals surface area contributed by atoms with E-state index >= 15 is 0 Å². The molecule has 0 aromatic heterocycles. The molecule has 0 aliphatic heterocycles. The van der Waals surface area contributed by atoms with Gasteiger partial charge in [-0.1, -0.05) is 13.8 Å². The van der Waals surface area contributed by atoms with Crippen molar-refractivity contribution in [2.24, 2.45) is 17.4 Å². The quantitative estimate of drug-likeness (QED) is 0.343. The monoisotopic (exact) mass is 300 g/mol. The summed E-state index contributed by atoms with van der Waals surface area (Å²) >= 11 is 0. The lowest BCUT2D eigenvalue weighted by atomic mass is 10.0. The lowest BCUT2D eigenvalue weighted by molar-refractivity contribution is -0.130. The molecule has 4 amide bonds. The summed E-state index contributed by atoms with van der Waals surface area (Å²) in [6.07, 6.45) is 0.859. The fourth-order valence-electron chi connectivity index (χ4n) is 1.60. The molecule has 0 aromatic carbocycles. The van der Waals surface area contributed by atoms with Crippen LogP contribution in [0.2, 0.25) is 0 Å². The second kappa shape index (κ2) is 9.98. The molecule has 8 nitrogen and oxygen atoms in total. The first-order valence-corrected chi connectivity index (χ1v) is 6.95. The Bertz CT molecular complexity index is 360. The number of urea groups is 1. The molecule has 2 atom stereocenters. The minimum Gasteiger partial charge on any atom is -0.354 e. The van der Waals surface area contributed by atoms with Gasteiger partial charge in [0, 0.05) is 13.1 Å². The molecule has 121 valence electrons. The van der Waals surface area contributed by atoms with Crippen LogP contribution in [0.25, 0.3) is 0 Å². The summed E-state index contributed by atoms with van der Waals surface area (Å²) in [4.78, 5) is 34.4. The van der Waals surface area contributed by atoms with Gasteiger partial charge in [-0.3, -0.25) is 9.59 Å². The van der Waals surface area contributed by atoms with Crippen LogP contribution in [0, 0.1) is 12.8 Å². The van der Waals surface area contributed by atoms with Crippen molar-refractivity contribution < 1.29 is 14.4 Å². The second-order valence-corrected chi connectivity index (χ2v) is 5.06. The SMILES string of the molecule is [CH2]CNC(=O)[C@H](CCCNC(N)=O)NC(=O)[C@@H](N)C(C)C. The smallest absolute Gasteiger partial charge is 0.312 e. The van der Waals surface area contributed by atoms with Gasteiger partial charge in [-0.2, -0.15) is 0 Å². The molecule has 0 aliphatic carbocycles. The summed E-state index contributed by atoms with van der Waals surface area (Å²) in [6.45, 7) is 7.73. The highest BCUT2D eigenvalue weighted by molar-refractivity contribution is 5.89. The average molecular weight is 300 g/mol. The molecule has 0 fully saturated rings. The van der Waals surface area contributed by atoms with E-state index in [0.29, 0.717) is 19.4 Å². The first-order valence-electron chi connectivity index (χ1n) is 6.95. The molecule has 0 aromatic rings. The van der Waals surface area contributed by atoms with E-state index in [1.54, 1.807) is 0 Å². The standard InChI is InChI=1S/C13H26N5O3/c1-4-16-11(19)9(6-5-7-17-13(15)21)18-12(20)10(14)8(2)3/h8-10H,1,4-7,14H2,2-3H3,(H,16,19)(H,18,20)(H3,15,17,21)/t9-,10-/m0/s1. The summed E-state index contributed by atoms with van der Waals surface area (Å²) in [5.41, 5.74) is 10.7. The Morgan fingerprint density at radius 1 is 1.14 bits per heavy atom. The number of rotatable bonds is 9. The van der Waals surface area contributed by atoms with E-state index in [0.717, 1.165) is 0 Å². The van der Waals surface area contributed by atoms with Crippen LogP contribution < -0.4 is 27.4 Å². The Hall–Kier alpha value is -1.83. The molecule has 0 rings (SSSR count). The summed E-state index contributed by atoms with van der Waals surface area (Å²) < 4.78 is 0. The Kier molecular flexibility index (Phi) is 9.11. The summed E-state index contributed by atoms with van der Waals surface area (Å²) in [5, 5.41) is 7.60. The number of primary amides is 1. The molecule has 0 saturated heterocycles. The number of carbonyl (C=O) groups is 3. The minimum atomic E-state index is -0.710. The minimum absolute atomic E-state index is 0.0296. The van der Waals surface area contributed by atoms with Gasteiger partial charge in [0.15, 0.2) is 0 Å². The molecule has 21 heavy (non-hydrogen) atoms. The van der Waals surface area contributed by atoms with Crippen LogP contribution in [0.3, 0.4) is 0 Å². The third-order valence-corrected chi connectivity index (χ3v) is 2.92. The maximum Gasteiger partial charge on any atom is 0.312 e. The van der Waals surface area contributed by atoms with Crippen LogP contribution in [0.15, 0.2) is 0 Å². The van der Waals surface area contributed by atoms with Crippen molar-refractivity contribution >= 4 is 17.8 Å². The number of amides is 4. The van der Waals surface area contributed by atoms with Crippen LogP contribution >= 0.6 is 0 Å². The van der Waals surface area contributed by atoms with E-state index in [4.69, 9.17) is 11.5 Å². The van der Waals surface area contributed by atoms with Crippen molar-refractivity contribution in [2.45, 2.75) is 38.8 Å². The van der Waals surface area contributed by atoms with Gasteiger partial charge >= 0.3 is 6.03 Å². The number of hydrogen-bond donors (Lipinski definition) is 5. The number of hydrogen-bond acceptors (Lipinski definition) is 4. The molecule has 0 heterocycles. The molecule has 0 saturated carbocycles. The molecule has 0 unspecified atom stereocenters. The maximum atomic E-state index is 11.9. The van der Waals surface area contributed by atoms with E-state index in [2.05, 4.69) is 22.9 Å². The number of carbonyl (C=O) groups excluding carboxylic acids is 3. The maximum absolute atomic E-state index is 11.9. The third kappa shape index (κ3) is 8.13. The van der Waals surface area contributed by atoms with Gasteiger partial charge in [-0.05, 0) is 25.7 Å². The summed E-state index contributed by atoms with van der Waals surface area (Å²) in [6, 6.07) is -2.01. The second-order valence-electron chi connectivity index (χ2n) is 5.06. The van der Waals surface area contributed by atoms with Gasteiger partial charge in [0.1, 0.15) is 6.04 Å². The predicted octanol–water partition coefficient (Wildman–Crippen LogP) is -1.15. The van der Waals surface area contributed by atoms with Gasteiger partial charge in [0.2, 0.25) is 11.8 Å². The molecular formula is C13H26N5O3. The lowest BCUT2D eigenvalue weighted by Gasteiger charge is -2.22. The zero-order chi connectivity index (χ0) is 16.4. The first kappa shape index (κ1) is 19.2. The molecule has 7 N–H and O–H groups in total. The Balaban J connectivity index is 4.48. The van der Waals surface area contributed by atoms with E-state index in [1.807, 2.05) is 13.8 Å². The highest BCUT2D eigenvalue weighted by Gasteiger charge is 2.24. The van der Waals surface area contributed by atoms with Gasteiger partial charge < -0.3 is 27.4 Å². The molecule has 0 aliphatic rings. The molecule has 0 spiro atoms. The normalized spacial score (nSPS) is 13.4. The van der Waals surface area contributed by atoms with Gasteiger partial charge in [-0.25, -0.2) is 4.79 Å². The highest BCUT2D eigenvalue weighted by atomic mass is 16.2. The Morgan fingerprint density at radius 3 is 2.24 bits per heavy atom. The average Bonchev–Trinajstić information content (AvgIpc) is 2.40. The summed E-state index contributed by atoms with van der Waals surface area (Å²) in [7, 11) is 0. The topological polar surface area (TPSA) is 139 Å². The van der Waals surface area contributed by atoms with Crippen LogP contribution in [-0.4, -0.2) is 43.0 Å². The van der Waals surface area contributed by atoms with Crippen molar-refractivity contribution in [3.8, 4) is 0 Å². The number of nitrogens with two attached hydrogens (primary N) is 2. The first-order chi connectivity index (χ1) is 9.79. The van der Waals surface area contributed by atoms with Gasteiger partial charge in [0.25, 0.3) is 0 Å². The molecular weight excluding hydrogens is 274 g/mol. The van der Waals surface area contributed by atoms with Crippen molar-refractivity contribution in [1.29, 1.82) is 0 Å². The van der Waals surface area contributed by atoms with Crippen molar-refractivity contribution in [3.63, 3.8) is 0 Å². The highest BCUT2D eigenvalue weighted by Crippen LogP contribution is 2.02.